The highest BCUT2D eigenvalue weighted by Gasteiger charge is 2.46. The van der Waals surface area contributed by atoms with Crippen LogP contribution in [-0.4, -0.2) is 29.2 Å². The number of nitrogens with zero attached hydrogens (tertiary/aromatic N) is 2. The van der Waals surface area contributed by atoms with E-state index in [9.17, 15) is 14.5 Å². The molecule has 1 amide bonds. The number of halogens is 2. The Morgan fingerprint density at radius 2 is 1.79 bits per heavy atom. The van der Waals surface area contributed by atoms with Gasteiger partial charge >= 0.3 is 0 Å². The molecule has 0 aromatic heterocycles. The first-order chi connectivity index (χ1) is 14.1. The summed E-state index contributed by atoms with van der Waals surface area (Å²) in [5.74, 6) is -0.799. The molecule has 0 radical (unpaired) electrons. The Kier molecular flexibility index (Phi) is 5.70. The molecule has 1 fully saturated rings. The highest BCUT2D eigenvalue weighted by atomic mass is 35.5. The van der Waals surface area contributed by atoms with Gasteiger partial charge in [-0.1, -0.05) is 65.5 Å². The van der Waals surface area contributed by atoms with Crippen molar-refractivity contribution in [2.24, 2.45) is 5.18 Å². The van der Waals surface area contributed by atoms with Crippen LogP contribution in [0.5, 0.6) is 0 Å². The van der Waals surface area contributed by atoms with Crippen molar-refractivity contribution in [1.82, 2.24) is 4.90 Å². The van der Waals surface area contributed by atoms with Crippen molar-refractivity contribution in [1.29, 1.82) is 0 Å². The molecule has 1 saturated carbocycles. The quantitative estimate of drug-likeness (QED) is 0.471. The molecule has 4 atom stereocenters. The van der Waals surface area contributed by atoms with Gasteiger partial charge in [-0.05, 0) is 42.2 Å². The number of hydrogen-bond donors (Lipinski definition) is 0. The minimum Gasteiger partial charge on any atom is -0.325 e. The zero-order chi connectivity index (χ0) is 20.5. The smallest absolute Gasteiger partial charge is 0.255 e. The van der Waals surface area contributed by atoms with Crippen molar-refractivity contribution < 1.29 is 9.59 Å². The van der Waals surface area contributed by atoms with Gasteiger partial charge in [0.2, 0.25) is 0 Å². The lowest BCUT2D eigenvalue weighted by atomic mass is 9.77. The molecule has 1 heterocycles. The number of nitroso groups, excluding NO2 is 1. The fourth-order valence-electron chi connectivity index (χ4n) is 4.72. The van der Waals surface area contributed by atoms with E-state index >= 15 is 0 Å². The maximum atomic E-state index is 13.6. The summed E-state index contributed by atoms with van der Waals surface area (Å²) < 4.78 is 0. The minimum atomic E-state index is -0.619. The second kappa shape index (κ2) is 8.25. The summed E-state index contributed by atoms with van der Waals surface area (Å²) in [6.45, 7) is 0. The predicted octanol–water partition coefficient (Wildman–Crippen LogP) is 5.55. The SMILES string of the molecule is O=C[C@@H]1c2ccccc2C(=O)N([C@H]2CCCC[C@@H]2N=O)[C@H]1c1ccc(Cl)cc1Cl. The molecule has 0 unspecified atom stereocenters. The van der Waals surface area contributed by atoms with Crippen molar-refractivity contribution in [2.75, 3.05) is 0 Å². The maximum Gasteiger partial charge on any atom is 0.255 e. The fourth-order valence-corrected chi connectivity index (χ4v) is 5.24. The van der Waals surface area contributed by atoms with E-state index in [2.05, 4.69) is 5.18 Å². The third-order valence-corrected chi connectivity index (χ3v) is 6.60. The number of hydrogen-bond acceptors (Lipinski definition) is 4. The van der Waals surface area contributed by atoms with Gasteiger partial charge in [-0.25, -0.2) is 0 Å². The fraction of sp³-hybridized carbons (Fsp3) is 0.364. The maximum absolute atomic E-state index is 13.6. The molecular formula is C22H20Cl2N2O3. The molecule has 0 bridgehead atoms. The number of amides is 1. The number of carbonyl (C=O) groups excluding carboxylic acids is 2. The van der Waals surface area contributed by atoms with E-state index in [0.29, 0.717) is 39.6 Å². The van der Waals surface area contributed by atoms with Crippen molar-refractivity contribution in [3.63, 3.8) is 0 Å². The Morgan fingerprint density at radius 3 is 2.52 bits per heavy atom. The first kappa shape index (κ1) is 20.0. The molecule has 0 spiro atoms. The number of aldehydes is 1. The molecule has 150 valence electrons. The summed E-state index contributed by atoms with van der Waals surface area (Å²) in [5.41, 5.74) is 1.80. The first-order valence-electron chi connectivity index (χ1n) is 9.71. The molecular weight excluding hydrogens is 411 g/mol. The molecule has 7 heteroatoms. The second-order valence-electron chi connectivity index (χ2n) is 7.60. The normalized spacial score (nSPS) is 26.7. The van der Waals surface area contributed by atoms with Crippen LogP contribution in [0.25, 0.3) is 0 Å². The highest BCUT2D eigenvalue weighted by molar-refractivity contribution is 6.35. The van der Waals surface area contributed by atoms with Gasteiger partial charge in [-0.2, -0.15) is 4.91 Å². The molecule has 0 N–H and O–H groups in total. The Balaban J connectivity index is 1.92. The molecule has 1 aliphatic carbocycles. The van der Waals surface area contributed by atoms with Crippen LogP contribution in [0.2, 0.25) is 10.0 Å². The highest BCUT2D eigenvalue weighted by Crippen LogP contribution is 2.47. The molecule has 0 saturated heterocycles. The third kappa shape index (κ3) is 3.47. The zero-order valence-corrected chi connectivity index (χ0v) is 17.1. The van der Waals surface area contributed by atoms with Crippen LogP contribution >= 0.6 is 23.2 Å². The topological polar surface area (TPSA) is 66.8 Å². The van der Waals surface area contributed by atoms with Crippen LogP contribution in [0.15, 0.2) is 47.6 Å². The second-order valence-corrected chi connectivity index (χ2v) is 8.44. The molecule has 29 heavy (non-hydrogen) atoms. The molecule has 2 aromatic carbocycles. The van der Waals surface area contributed by atoms with Crippen LogP contribution in [-0.2, 0) is 4.79 Å². The van der Waals surface area contributed by atoms with Crippen LogP contribution < -0.4 is 0 Å². The van der Waals surface area contributed by atoms with Gasteiger partial charge < -0.3 is 9.69 Å². The van der Waals surface area contributed by atoms with E-state index in [4.69, 9.17) is 23.2 Å². The van der Waals surface area contributed by atoms with E-state index < -0.39 is 18.0 Å². The summed E-state index contributed by atoms with van der Waals surface area (Å²) in [6, 6.07) is 10.7. The first-order valence-corrected chi connectivity index (χ1v) is 10.5. The van der Waals surface area contributed by atoms with Gasteiger partial charge in [-0.15, -0.1) is 0 Å². The Labute approximate surface area is 179 Å². The van der Waals surface area contributed by atoms with Gasteiger partial charge in [0.1, 0.15) is 12.3 Å². The molecule has 5 nitrogen and oxygen atoms in total. The van der Waals surface area contributed by atoms with Crippen LogP contribution in [0.1, 0.15) is 59.1 Å². The number of fused-ring (bicyclic) bond motifs is 1. The Bertz CT molecular complexity index is 965. The van der Waals surface area contributed by atoms with E-state index in [-0.39, 0.29) is 11.9 Å². The Hall–Kier alpha value is -2.24. The van der Waals surface area contributed by atoms with Gasteiger partial charge in [0, 0.05) is 15.6 Å². The van der Waals surface area contributed by atoms with Gasteiger partial charge in [0.05, 0.1) is 18.0 Å². The van der Waals surface area contributed by atoms with Crippen molar-refractivity contribution >= 4 is 35.4 Å². The van der Waals surface area contributed by atoms with E-state index in [1.165, 1.54) is 0 Å². The van der Waals surface area contributed by atoms with Crippen molar-refractivity contribution in [2.45, 2.75) is 49.7 Å². The minimum absolute atomic E-state index is 0.199. The third-order valence-electron chi connectivity index (χ3n) is 6.04. The number of benzene rings is 2. The molecule has 2 aromatic rings. The van der Waals surface area contributed by atoms with Crippen molar-refractivity contribution in [3.8, 4) is 0 Å². The lowest BCUT2D eigenvalue weighted by Crippen LogP contribution is -2.53. The van der Waals surface area contributed by atoms with E-state index in [1.807, 2.05) is 6.07 Å². The van der Waals surface area contributed by atoms with Crippen LogP contribution in [0.3, 0.4) is 0 Å². The summed E-state index contributed by atoms with van der Waals surface area (Å²) in [7, 11) is 0. The number of carbonyl (C=O) groups is 2. The monoisotopic (exact) mass is 430 g/mol. The summed E-state index contributed by atoms with van der Waals surface area (Å²) >= 11 is 12.6. The summed E-state index contributed by atoms with van der Waals surface area (Å²) in [6.07, 6.45) is 3.95. The summed E-state index contributed by atoms with van der Waals surface area (Å²) in [4.78, 5) is 39.1. The average Bonchev–Trinajstić information content (AvgIpc) is 2.74. The van der Waals surface area contributed by atoms with Gasteiger partial charge in [0.25, 0.3) is 5.91 Å². The van der Waals surface area contributed by atoms with Gasteiger partial charge in [0.15, 0.2) is 0 Å². The number of rotatable bonds is 4. The zero-order valence-electron chi connectivity index (χ0n) is 15.6. The van der Waals surface area contributed by atoms with Crippen LogP contribution in [0.4, 0.5) is 0 Å². The summed E-state index contributed by atoms with van der Waals surface area (Å²) in [5, 5.41) is 4.18. The van der Waals surface area contributed by atoms with E-state index in [1.54, 1.807) is 41.3 Å². The lowest BCUT2D eigenvalue weighted by molar-refractivity contribution is -0.110. The molecule has 1 aliphatic heterocycles. The van der Waals surface area contributed by atoms with Crippen molar-refractivity contribution in [3.05, 3.63) is 74.1 Å². The molecule has 4 rings (SSSR count). The standard InChI is InChI=1S/C22H20Cl2N2O3/c23-13-9-10-16(18(24)11-13)21-17(12-27)14-5-1-2-6-15(14)22(28)26(21)20-8-4-3-7-19(20)25-29/h1-2,5-6,9-12,17,19-21H,3-4,7-8H2/t17-,19+,20+,21+/m1/s1. The van der Waals surface area contributed by atoms with Crippen LogP contribution in [0, 0.1) is 4.91 Å². The average molecular weight is 431 g/mol. The predicted molar refractivity (Wildman–Crippen MR) is 112 cm³/mol. The van der Waals surface area contributed by atoms with Gasteiger partial charge in [-0.3, -0.25) is 4.79 Å². The Morgan fingerprint density at radius 1 is 1.03 bits per heavy atom. The molecule has 2 aliphatic rings. The van der Waals surface area contributed by atoms with E-state index in [0.717, 1.165) is 19.1 Å². The largest absolute Gasteiger partial charge is 0.325 e. The lowest BCUT2D eigenvalue weighted by Gasteiger charge is -2.47.